The first-order valence-corrected chi connectivity index (χ1v) is 12.1. The highest BCUT2D eigenvalue weighted by Gasteiger charge is 2.53. The molecule has 0 aromatic heterocycles. The van der Waals surface area contributed by atoms with E-state index in [9.17, 15) is 9.59 Å². The molecule has 4 aliphatic carbocycles. The number of nitrogens with one attached hydrogen (secondary N) is 1. The zero-order valence-electron chi connectivity index (χ0n) is 19.4. The standard InChI is InChI=1S/C26H35NO5/c1-16(26-10-17-7-18(11-26)9-19(8-17)12-26)27-22(28)14-31-23(29)15-30-21-6-4-5-20-13-25(2,3)32-24(20)21/h4-6,16-19H,7-15H2,1-3H3,(H,27,28). The number of carbonyl (C=O) groups excluding carboxylic acids is 2. The van der Waals surface area contributed by atoms with Gasteiger partial charge in [-0.3, -0.25) is 4.79 Å². The van der Waals surface area contributed by atoms with Crippen LogP contribution in [0.2, 0.25) is 0 Å². The first-order valence-electron chi connectivity index (χ1n) is 12.1. The van der Waals surface area contributed by atoms with Gasteiger partial charge in [-0.2, -0.15) is 0 Å². The van der Waals surface area contributed by atoms with Crippen molar-refractivity contribution < 1.29 is 23.8 Å². The average molecular weight is 442 g/mol. The molecule has 32 heavy (non-hydrogen) atoms. The van der Waals surface area contributed by atoms with Gasteiger partial charge >= 0.3 is 5.97 Å². The Labute approximate surface area is 190 Å². The van der Waals surface area contributed by atoms with Crippen LogP contribution in [-0.4, -0.2) is 36.7 Å². The predicted octanol–water partition coefficient (Wildman–Crippen LogP) is 4.04. The van der Waals surface area contributed by atoms with Gasteiger partial charge in [0.05, 0.1) is 0 Å². The van der Waals surface area contributed by atoms with Crippen LogP contribution < -0.4 is 14.8 Å². The van der Waals surface area contributed by atoms with Crippen LogP contribution in [0, 0.1) is 23.2 Å². The van der Waals surface area contributed by atoms with E-state index in [4.69, 9.17) is 14.2 Å². The zero-order valence-corrected chi connectivity index (χ0v) is 19.4. The van der Waals surface area contributed by atoms with E-state index in [-0.39, 0.29) is 36.2 Å². The van der Waals surface area contributed by atoms with Crippen LogP contribution in [0.15, 0.2) is 18.2 Å². The van der Waals surface area contributed by atoms with Crippen LogP contribution in [0.3, 0.4) is 0 Å². The zero-order chi connectivity index (χ0) is 22.5. The monoisotopic (exact) mass is 441 g/mol. The van der Waals surface area contributed by atoms with Crippen LogP contribution in [0.5, 0.6) is 11.5 Å². The highest BCUT2D eigenvalue weighted by atomic mass is 16.6. The third kappa shape index (κ3) is 4.20. The summed E-state index contributed by atoms with van der Waals surface area (Å²) in [5.74, 6) is 2.95. The van der Waals surface area contributed by atoms with Crippen LogP contribution in [0.4, 0.5) is 0 Å². The van der Waals surface area contributed by atoms with Crippen molar-refractivity contribution in [1.29, 1.82) is 0 Å². The molecule has 1 amide bonds. The molecule has 1 unspecified atom stereocenters. The van der Waals surface area contributed by atoms with Crippen LogP contribution in [0.25, 0.3) is 0 Å². The first-order chi connectivity index (χ1) is 15.2. The third-order valence-corrected chi connectivity index (χ3v) is 8.15. The minimum atomic E-state index is -0.558. The summed E-state index contributed by atoms with van der Waals surface area (Å²) in [5, 5.41) is 3.13. The molecule has 4 saturated carbocycles. The van der Waals surface area contributed by atoms with Crippen molar-refractivity contribution in [3.8, 4) is 11.5 Å². The molecule has 4 fully saturated rings. The second-order valence-electron chi connectivity index (χ2n) is 11.3. The maximum atomic E-state index is 12.5. The molecule has 1 aliphatic heterocycles. The van der Waals surface area contributed by atoms with Gasteiger partial charge in [-0.15, -0.1) is 0 Å². The van der Waals surface area contributed by atoms with Gasteiger partial charge in [0.25, 0.3) is 5.91 Å². The molecule has 5 aliphatic rings. The Kier molecular flexibility index (Phi) is 5.37. The Balaban J connectivity index is 1.09. The Morgan fingerprint density at radius 3 is 2.41 bits per heavy atom. The normalized spacial score (nSPS) is 32.0. The maximum absolute atomic E-state index is 12.5. The topological polar surface area (TPSA) is 73.9 Å². The summed E-state index contributed by atoms with van der Waals surface area (Å²) in [6, 6.07) is 5.80. The molecule has 6 rings (SSSR count). The number of esters is 1. The summed E-state index contributed by atoms with van der Waals surface area (Å²) in [6.45, 7) is 5.66. The Hall–Kier alpha value is -2.24. The van der Waals surface area contributed by atoms with Crippen LogP contribution >= 0.6 is 0 Å². The van der Waals surface area contributed by atoms with Gasteiger partial charge in [0.1, 0.15) is 5.60 Å². The lowest BCUT2D eigenvalue weighted by atomic mass is 9.48. The molecule has 1 atom stereocenters. The number of carbonyl (C=O) groups is 2. The number of ether oxygens (including phenoxy) is 3. The fraction of sp³-hybridized carbons (Fsp3) is 0.692. The number of hydrogen-bond donors (Lipinski definition) is 1. The Morgan fingerprint density at radius 2 is 1.75 bits per heavy atom. The Bertz CT molecular complexity index is 872. The SMILES string of the molecule is CC(NC(=O)COC(=O)COc1cccc2c1OC(C)(C)C2)C12CC3CC(CC(C3)C1)C2. The average Bonchev–Trinajstić information content (AvgIpc) is 3.04. The van der Waals surface area contributed by atoms with Gasteiger partial charge in [0.2, 0.25) is 0 Å². The van der Waals surface area contributed by atoms with E-state index < -0.39 is 5.97 Å². The minimum absolute atomic E-state index is 0.116. The second-order valence-corrected chi connectivity index (χ2v) is 11.3. The first kappa shape index (κ1) is 21.6. The second kappa shape index (κ2) is 7.96. The van der Waals surface area contributed by atoms with E-state index in [0.29, 0.717) is 11.5 Å². The summed E-state index contributed by atoms with van der Waals surface area (Å²) in [4.78, 5) is 24.7. The summed E-state index contributed by atoms with van der Waals surface area (Å²) < 4.78 is 16.8. The van der Waals surface area contributed by atoms with E-state index in [0.717, 1.165) is 29.7 Å². The number of benzene rings is 1. The van der Waals surface area contributed by atoms with Crippen molar-refractivity contribution in [2.24, 2.45) is 23.2 Å². The van der Waals surface area contributed by atoms with Crippen LogP contribution in [-0.2, 0) is 20.7 Å². The van der Waals surface area contributed by atoms with E-state index in [1.807, 2.05) is 26.0 Å². The molecule has 1 N–H and O–H groups in total. The summed E-state index contributed by atoms with van der Waals surface area (Å²) in [6.07, 6.45) is 8.63. The number of fused-ring (bicyclic) bond motifs is 1. The molecule has 1 aromatic rings. The van der Waals surface area contributed by atoms with Crippen molar-refractivity contribution in [2.45, 2.75) is 77.4 Å². The predicted molar refractivity (Wildman–Crippen MR) is 120 cm³/mol. The summed E-state index contributed by atoms with van der Waals surface area (Å²) >= 11 is 0. The molecule has 0 radical (unpaired) electrons. The summed E-state index contributed by atoms with van der Waals surface area (Å²) in [7, 11) is 0. The molecule has 6 nitrogen and oxygen atoms in total. The lowest BCUT2D eigenvalue weighted by molar-refractivity contribution is -0.151. The highest BCUT2D eigenvalue weighted by Crippen LogP contribution is 2.61. The minimum Gasteiger partial charge on any atom is -0.483 e. The van der Waals surface area contributed by atoms with E-state index >= 15 is 0 Å². The molecule has 6 heteroatoms. The molecule has 174 valence electrons. The Morgan fingerprint density at radius 1 is 1.09 bits per heavy atom. The number of amides is 1. The fourth-order valence-corrected chi connectivity index (χ4v) is 7.17. The number of rotatable bonds is 7. The van der Waals surface area contributed by atoms with Gasteiger partial charge in [-0.1, -0.05) is 12.1 Å². The van der Waals surface area contributed by atoms with E-state index in [1.165, 1.54) is 38.5 Å². The third-order valence-electron chi connectivity index (χ3n) is 8.15. The van der Waals surface area contributed by atoms with Crippen molar-refractivity contribution in [1.82, 2.24) is 5.32 Å². The molecular weight excluding hydrogens is 406 g/mol. The van der Waals surface area contributed by atoms with Gasteiger partial charge in [-0.05, 0) is 88.5 Å². The van der Waals surface area contributed by atoms with Gasteiger partial charge in [-0.25, -0.2) is 4.79 Å². The summed E-state index contributed by atoms with van der Waals surface area (Å²) in [5.41, 5.74) is 1.02. The van der Waals surface area contributed by atoms with Crippen molar-refractivity contribution in [3.05, 3.63) is 23.8 Å². The highest BCUT2D eigenvalue weighted by molar-refractivity contribution is 5.81. The molecule has 4 bridgehead atoms. The largest absolute Gasteiger partial charge is 0.483 e. The maximum Gasteiger partial charge on any atom is 0.344 e. The van der Waals surface area contributed by atoms with Gasteiger partial charge in [0.15, 0.2) is 24.7 Å². The fourth-order valence-electron chi connectivity index (χ4n) is 7.17. The van der Waals surface area contributed by atoms with E-state index in [1.54, 1.807) is 6.07 Å². The molecule has 1 heterocycles. The van der Waals surface area contributed by atoms with Crippen molar-refractivity contribution >= 4 is 11.9 Å². The van der Waals surface area contributed by atoms with Crippen molar-refractivity contribution in [3.63, 3.8) is 0 Å². The lowest BCUT2D eigenvalue weighted by Gasteiger charge is -2.59. The van der Waals surface area contributed by atoms with Crippen molar-refractivity contribution in [2.75, 3.05) is 13.2 Å². The molecule has 0 spiro atoms. The van der Waals surface area contributed by atoms with E-state index in [2.05, 4.69) is 12.2 Å². The number of para-hydroxylation sites is 1. The lowest BCUT2D eigenvalue weighted by Crippen LogP contribution is -2.56. The molecular formula is C26H35NO5. The molecule has 1 aromatic carbocycles. The quantitative estimate of drug-likeness (QED) is 0.647. The van der Waals surface area contributed by atoms with Gasteiger partial charge < -0.3 is 19.5 Å². The number of hydrogen-bond acceptors (Lipinski definition) is 5. The van der Waals surface area contributed by atoms with Crippen LogP contribution in [0.1, 0.15) is 64.9 Å². The van der Waals surface area contributed by atoms with Gasteiger partial charge in [0, 0.05) is 18.0 Å². The molecule has 0 saturated heterocycles. The smallest absolute Gasteiger partial charge is 0.344 e.